The molecule has 24 heavy (non-hydrogen) atoms. The number of carbonyl (C=O) groups excluding carboxylic acids is 2. The molecule has 2 atom stereocenters. The molecule has 4 nitrogen and oxygen atoms in total. The van der Waals surface area contributed by atoms with Crippen molar-refractivity contribution in [2.24, 2.45) is 5.92 Å². The molecule has 0 heterocycles. The van der Waals surface area contributed by atoms with Crippen molar-refractivity contribution < 1.29 is 18.7 Å². The second-order valence-electron chi connectivity index (χ2n) is 5.66. The number of rotatable bonds is 5. The standard InChI is InChI=1S/C18H15FINO3/c19-12-3-1-11(2-4-12)15-9-16(15)18(23)24-10-17(22)21-14-7-5-13(20)6-8-14/h1-8,15-16H,9-10H2,(H,21,22). The molecule has 1 amide bonds. The summed E-state index contributed by atoms with van der Waals surface area (Å²) in [5.41, 5.74) is 1.58. The van der Waals surface area contributed by atoms with Crippen LogP contribution in [0.1, 0.15) is 17.9 Å². The molecule has 6 heteroatoms. The third kappa shape index (κ3) is 4.31. The minimum Gasteiger partial charge on any atom is -0.455 e. The van der Waals surface area contributed by atoms with Crippen LogP contribution in [0.5, 0.6) is 0 Å². The number of nitrogens with one attached hydrogen (secondary N) is 1. The third-order valence-electron chi connectivity index (χ3n) is 3.86. The lowest BCUT2D eigenvalue weighted by Crippen LogP contribution is -2.21. The van der Waals surface area contributed by atoms with Gasteiger partial charge in [0.05, 0.1) is 5.92 Å². The molecule has 124 valence electrons. The highest BCUT2D eigenvalue weighted by atomic mass is 127. The Morgan fingerprint density at radius 1 is 1.12 bits per heavy atom. The summed E-state index contributed by atoms with van der Waals surface area (Å²) in [6, 6.07) is 13.4. The highest BCUT2D eigenvalue weighted by Crippen LogP contribution is 2.48. The van der Waals surface area contributed by atoms with E-state index in [4.69, 9.17) is 4.74 Å². The van der Waals surface area contributed by atoms with E-state index in [0.717, 1.165) is 9.13 Å². The first kappa shape index (κ1) is 16.9. The molecule has 0 bridgehead atoms. The molecule has 2 aromatic rings. The Balaban J connectivity index is 1.45. The van der Waals surface area contributed by atoms with E-state index in [1.165, 1.54) is 12.1 Å². The average Bonchev–Trinajstić information content (AvgIpc) is 3.36. The summed E-state index contributed by atoms with van der Waals surface area (Å²) in [5, 5.41) is 2.67. The molecule has 3 rings (SSSR count). The molecule has 1 saturated carbocycles. The minimum atomic E-state index is -0.387. The van der Waals surface area contributed by atoms with E-state index in [2.05, 4.69) is 27.9 Å². The van der Waals surface area contributed by atoms with Gasteiger partial charge in [0, 0.05) is 9.26 Å². The summed E-state index contributed by atoms with van der Waals surface area (Å²) in [5.74, 6) is -1.25. The van der Waals surface area contributed by atoms with Crippen LogP contribution < -0.4 is 5.32 Å². The summed E-state index contributed by atoms with van der Waals surface area (Å²) >= 11 is 2.18. The van der Waals surface area contributed by atoms with Gasteiger partial charge in [0.15, 0.2) is 6.61 Å². The topological polar surface area (TPSA) is 55.4 Å². The first-order valence-electron chi connectivity index (χ1n) is 7.50. The Kier molecular flexibility index (Phi) is 5.13. The second kappa shape index (κ2) is 7.29. The SMILES string of the molecule is O=C(COC(=O)C1CC1c1ccc(F)cc1)Nc1ccc(I)cc1. The van der Waals surface area contributed by atoms with Gasteiger partial charge in [-0.25, -0.2) is 4.39 Å². The van der Waals surface area contributed by atoms with Crippen LogP contribution in [-0.2, 0) is 14.3 Å². The lowest BCUT2D eigenvalue weighted by Gasteiger charge is -2.07. The Morgan fingerprint density at radius 2 is 1.79 bits per heavy atom. The zero-order valence-electron chi connectivity index (χ0n) is 12.7. The summed E-state index contributed by atoms with van der Waals surface area (Å²) in [6.45, 7) is -0.308. The van der Waals surface area contributed by atoms with Crippen LogP contribution in [0.4, 0.5) is 10.1 Å². The van der Waals surface area contributed by atoms with Crippen molar-refractivity contribution in [1.29, 1.82) is 0 Å². The fraction of sp³-hybridized carbons (Fsp3) is 0.222. The zero-order chi connectivity index (χ0) is 17.1. The molecular weight excluding hydrogens is 424 g/mol. The molecule has 1 aliphatic rings. The maximum atomic E-state index is 12.9. The monoisotopic (exact) mass is 439 g/mol. The number of carbonyl (C=O) groups is 2. The van der Waals surface area contributed by atoms with Gasteiger partial charge in [-0.2, -0.15) is 0 Å². The summed E-state index contributed by atoms with van der Waals surface area (Å²) in [6.07, 6.45) is 0.670. The van der Waals surface area contributed by atoms with E-state index in [0.29, 0.717) is 12.1 Å². The number of amides is 1. The Morgan fingerprint density at radius 3 is 2.46 bits per heavy atom. The zero-order valence-corrected chi connectivity index (χ0v) is 14.8. The van der Waals surface area contributed by atoms with Crippen molar-refractivity contribution in [2.75, 3.05) is 11.9 Å². The highest BCUT2D eigenvalue weighted by molar-refractivity contribution is 14.1. The van der Waals surface area contributed by atoms with E-state index in [9.17, 15) is 14.0 Å². The first-order chi connectivity index (χ1) is 11.5. The predicted octanol–water partition coefficient (Wildman–Crippen LogP) is 3.72. The van der Waals surface area contributed by atoms with Crippen LogP contribution in [0, 0.1) is 15.3 Å². The van der Waals surface area contributed by atoms with Crippen molar-refractivity contribution >= 4 is 40.2 Å². The molecule has 0 aliphatic heterocycles. The minimum absolute atomic E-state index is 0.0531. The fourth-order valence-electron chi connectivity index (χ4n) is 2.51. The van der Waals surface area contributed by atoms with Gasteiger partial charge in [0.25, 0.3) is 5.91 Å². The molecule has 1 aliphatic carbocycles. The Hall–Kier alpha value is -1.96. The van der Waals surface area contributed by atoms with E-state index >= 15 is 0 Å². The highest BCUT2D eigenvalue weighted by Gasteiger charge is 2.45. The molecule has 2 unspecified atom stereocenters. The summed E-state index contributed by atoms with van der Waals surface area (Å²) < 4.78 is 19.0. The number of esters is 1. The fourth-order valence-corrected chi connectivity index (χ4v) is 2.87. The van der Waals surface area contributed by atoms with Gasteiger partial charge in [-0.3, -0.25) is 9.59 Å². The summed E-state index contributed by atoms with van der Waals surface area (Å²) in [7, 11) is 0. The van der Waals surface area contributed by atoms with Gasteiger partial charge in [-0.15, -0.1) is 0 Å². The molecule has 2 aromatic carbocycles. The average molecular weight is 439 g/mol. The first-order valence-corrected chi connectivity index (χ1v) is 8.58. The van der Waals surface area contributed by atoms with Crippen molar-refractivity contribution in [3.8, 4) is 0 Å². The van der Waals surface area contributed by atoms with Gasteiger partial charge in [0.1, 0.15) is 5.82 Å². The van der Waals surface area contributed by atoms with E-state index in [1.54, 1.807) is 24.3 Å². The van der Waals surface area contributed by atoms with Gasteiger partial charge >= 0.3 is 5.97 Å². The lowest BCUT2D eigenvalue weighted by atomic mass is 10.1. The lowest BCUT2D eigenvalue weighted by molar-refractivity contribution is -0.148. The van der Waals surface area contributed by atoms with E-state index in [1.807, 2.05) is 12.1 Å². The molecule has 0 aromatic heterocycles. The third-order valence-corrected chi connectivity index (χ3v) is 4.58. The molecule has 0 radical (unpaired) electrons. The normalized spacial score (nSPS) is 18.8. The van der Waals surface area contributed by atoms with E-state index < -0.39 is 0 Å². The van der Waals surface area contributed by atoms with Crippen LogP contribution in [0.25, 0.3) is 0 Å². The Labute approximate surface area is 152 Å². The molecule has 0 saturated heterocycles. The number of anilines is 1. The maximum absolute atomic E-state index is 12.9. The smallest absolute Gasteiger partial charge is 0.310 e. The maximum Gasteiger partial charge on any atom is 0.310 e. The second-order valence-corrected chi connectivity index (χ2v) is 6.91. The molecule has 0 spiro atoms. The van der Waals surface area contributed by atoms with Gasteiger partial charge < -0.3 is 10.1 Å². The van der Waals surface area contributed by atoms with Crippen molar-refractivity contribution in [2.45, 2.75) is 12.3 Å². The predicted molar refractivity (Wildman–Crippen MR) is 96.0 cm³/mol. The molecule has 1 N–H and O–H groups in total. The number of hydrogen-bond donors (Lipinski definition) is 1. The van der Waals surface area contributed by atoms with Crippen molar-refractivity contribution in [3.05, 3.63) is 63.5 Å². The van der Waals surface area contributed by atoms with Gasteiger partial charge in [0.2, 0.25) is 0 Å². The number of hydrogen-bond acceptors (Lipinski definition) is 3. The van der Waals surface area contributed by atoms with Crippen LogP contribution in [0.3, 0.4) is 0 Å². The van der Waals surface area contributed by atoms with Crippen molar-refractivity contribution in [3.63, 3.8) is 0 Å². The van der Waals surface area contributed by atoms with Crippen LogP contribution in [-0.4, -0.2) is 18.5 Å². The molecule has 1 fully saturated rings. The van der Waals surface area contributed by atoms with Gasteiger partial charge in [-0.1, -0.05) is 12.1 Å². The van der Waals surface area contributed by atoms with Crippen LogP contribution in [0.2, 0.25) is 0 Å². The number of halogens is 2. The molecular formula is C18H15FINO3. The van der Waals surface area contributed by atoms with Gasteiger partial charge in [-0.05, 0) is 76.9 Å². The Bertz CT molecular complexity index is 746. The van der Waals surface area contributed by atoms with Crippen LogP contribution >= 0.6 is 22.6 Å². The number of benzene rings is 2. The largest absolute Gasteiger partial charge is 0.455 e. The van der Waals surface area contributed by atoms with Crippen LogP contribution in [0.15, 0.2) is 48.5 Å². The van der Waals surface area contributed by atoms with Crippen molar-refractivity contribution in [1.82, 2.24) is 0 Å². The summed E-state index contributed by atoms with van der Waals surface area (Å²) in [4.78, 5) is 23.8. The van der Waals surface area contributed by atoms with E-state index in [-0.39, 0.29) is 36.1 Å². The number of ether oxygens (including phenoxy) is 1. The quantitative estimate of drug-likeness (QED) is 0.571.